The molecular formula is C21H30Cl2N4O2. The molecule has 3 N–H and O–H groups in total. The quantitative estimate of drug-likeness (QED) is 0.612. The van der Waals surface area contributed by atoms with Gasteiger partial charge in [-0.1, -0.05) is 42.5 Å². The number of nitrogens with one attached hydrogen (secondary N) is 3. The molecule has 1 aliphatic carbocycles. The summed E-state index contributed by atoms with van der Waals surface area (Å²) in [5, 5.41) is 10.0. The number of urea groups is 1. The number of hydrogen-bond acceptors (Lipinski definition) is 3. The minimum absolute atomic E-state index is 0.0341. The summed E-state index contributed by atoms with van der Waals surface area (Å²) in [6, 6.07) is 5.50. The number of halogens is 2. The third-order valence-corrected chi connectivity index (χ3v) is 6.29. The van der Waals surface area contributed by atoms with Gasteiger partial charge in [0, 0.05) is 43.2 Å². The number of hydrogen-bond donors (Lipinski definition) is 3. The molecule has 1 saturated heterocycles. The van der Waals surface area contributed by atoms with E-state index >= 15 is 0 Å². The van der Waals surface area contributed by atoms with Gasteiger partial charge in [0.05, 0.1) is 10.7 Å². The minimum Gasteiger partial charge on any atom is -0.335 e. The fourth-order valence-electron chi connectivity index (χ4n) is 4.03. The van der Waals surface area contributed by atoms with Gasteiger partial charge < -0.3 is 20.9 Å². The van der Waals surface area contributed by atoms with Gasteiger partial charge in [-0.3, -0.25) is 4.79 Å². The zero-order valence-electron chi connectivity index (χ0n) is 16.7. The molecule has 1 heterocycles. The van der Waals surface area contributed by atoms with Gasteiger partial charge in [-0.2, -0.15) is 0 Å². The lowest BCUT2D eigenvalue weighted by atomic mass is 9.96. The highest BCUT2D eigenvalue weighted by Crippen LogP contribution is 2.25. The van der Waals surface area contributed by atoms with Crippen molar-refractivity contribution in [3.05, 3.63) is 28.2 Å². The van der Waals surface area contributed by atoms with Gasteiger partial charge in [-0.25, -0.2) is 4.79 Å². The van der Waals surface area contributed by atoms with Crippen LogP contribution in [0.4, 0.5) is 10.5 Å². The van der Waals surface area contributed by atoms with Crippen molar-refractivity contribution in [3.8, 4) is 0 Å². The van der Waals surface area contributed by atoms with Gasteiger partial charge in [-0.15, -0.1) is 0 Å². The normalized spacial score (nSPS) is 19.0. The van der Waals surface area contributed by atoms with Gasteiger partial charge in [-0.05, 0) is 43.9 Å². The van der Waals surface area contributed by atoms with Crippen LogP contribution in [0.5, 0.6) is 0 Å². The molecule has 0 bridgehead atoms. The van der Waals surface area contributed by atoms with E-state index in [2.05, 4.69) is 20.9 Å². The van der Waals surface area contributed by atoms with Gasteiger partial charge >= 0.3 is 6.03 Å². The fourth-order valence-corrected chi connectivity index (χ4v) is 4.36. The molecule has 2 aliphatic rings. The van der Waals surface area contributed by atoms with Gasteiger partial charge in [0.15, 0.2) is 0 Å². The third-order valence-electron chi connectivity index (χ3n) is 5.72. The molecule has 0 unspecified atom stereocenters. The molecule has 160 valence electrons. The lowest BCUT2D eigenvalue weighted by molar-refractivity contribution is -0.116. The smallest absolute Gasteiger partial charge is 0.315 e. The first kappa shape index (κ1) is 22.2. The van der Waals surface area contributed by atoms with Crippen LogP contribution >= 0.6 is 23.2 Å². The molecule has 2 fully saturated rings. The number of anilines is 1. The zero-order valence-corrected chi connectivity index (χ0v) is 18.2. The van der Waals surface area contributed by atoms with Crippen LogP contribution in [-0.4, -0.2) is 48.6 Å². The SMILES string of the molecule is O=C(CCN1CCC(NC(=O)NC2CCCCC2)CC1)Nc1cc(Cl)ccc1Cl. The zero-order chi connectivity index (χ0) is 20.6. The summed E-state index contributed by atoms with van der Waals surface area (Å²) >= 11 is 12.0. The number of rotatable bonds is 6. The first-order valence-corrected chi connectivity index (χ1v) is 11.3. The fraction of sp³-hybridized carbons (Fsp3) is 0.619. The first-order chi connectivity index (χ1) is 14.0. The van der Waals surface area contributed by atoms with Gasteiger partial charge in [0.1, 0.15) is 0 Å². The van der Waals surface area contributed by atoms with Crippen molar-refractivity contribution in [1.82, 2.24) is 15.5 Å². The second kappa shape index (κ2) is 11.0. The van der Waals surface area contributed by atoms with E-state index in [-0.39, 0.29) is 18.0 Å². The highest BCUT2D eigenvalue weighted by Gasteiger charge is 2.22. The molecular weight excluding hydrogens is 411 g/mol. The van der Waals surface area contributed by atoms with E-state index in [9.17, 15) is 9.59 Å². The average molecular weight is 441 g/mol. The molecule has 0 atom stereocenters. The standard InChI is InChI=1S/C21H30Cl2N4O2/c22-15-6-7-18(23)19(14-15)26-20(28)10-13-27-11-8-17(9-12-27)25-21(29)24-16-4-2-1-3-5-16/h6-7,14,16-17H,1-5,8-13H2,(H,26,28)(H2,24,25,29). The lowest BCUT2D eigenvalue weighted by Gasteiger charge is -2.32. The second-order valence-electron chi connectivity index (χ2n) is 7.99. The summed E-state index contributed by atoms with van der Waals surface area (Å²) < 4.78 is 0. The summed E-state index contributed by atoms with van der Waals surface area (Å²) in [5.41, 5.74) is 0.538. The molecule has 3 amide bonds. The maximum atomic E-state index is 12.2. The van der Waals surface area contributed by atoms with E-state index in [1.807, 2.05) is 0 Å². The van der Waals surface area contributed by atoms with E-state index < -0.39 is 0 Å². The topological polar surface area (TPSA) is 73.5 Å². The van der Waals surface area contributed by atoms with Crippen molar-refractivity contribution in [2.24, 2.45) is 0 Å². The van der Waals surface area contributed by atoms with Crippen LogP contribution in [0.25, 0.3) is 0 Å². The van der Waals surface area contributed by atoms with Crippen molar-refractivity contribution in [2.45, 2.75) is 63.5 Å². The van der Waals surface area contributed by atoms with E-state index in [4.69, 9.17) is 23.2 Å². The van der Waals surface area contributed by atoms with Crippen LogP contribution in [0.15, 0.2) is 18.2 Å². The predicted octanol–water partition coefficient (Wildman–Crippen LogP) is 4.42. The Morgan fingerprint density at radius 3 is 2.31 bits per heavy atom. The highest BCUT2D eigenvalue weighted by molar-refractivity contribution is 6.35. The number of carbonyl (C=O) groups is 2. The summed E-state index contributed by atoms with van der Waals surface area (Å²) in [6.45, 7) is 2.43. The van der Waals surface area contributed by atoms with Gasteiger partial charge in [0.25, 0.3) is 0 Å². The average Bonchev–Trinajstić information content (AvgIpc) is 2.71. The largest absolute Gasteiger partial charge is 0.335 e. The van der Waals surface area contributed by atoms with Crippen molar-refractivity contribution >= 4 is 40.8 Å². The van der Waals surface area contributed by atoms with E-state index in [0.29, 0.717) is 34.7 Å². The lowest BCUT2D eigenvalue weighted by Crippen LogP contribution is -2.50. The Morgan fingerprint density at radius 1 is 0.966 bits per heavy atom. The second-order valence-corrected chi connectivity index (χ2v) is 8.83. The van der Waals surface area contributed by atoms with Crippen molar-refractivity contribution in [1.29, 1.82) is 0 Å². The molecule has 8 heteroatoms. The predicted molar refractivity (Wildman–Crippen MR) is 118 cm³/mol. The van der Waals surface area contributed by atoms with E-state index in [1.54, 1.807) is 18.2 Å². The summed E-state index contributed by atoms with van der Waals surface area (Å²) in [6.07, 6.45) is 8.08. The molecule has 0 radical (unpaired) electrons. The van der Waals surface area contributed by atoms with Crippen LogP contribution in [0.3, 0.4) is 0 Å². The summed E-state index contributed by atoms with van der Waals surface area (Å²) in [7, 11) is 0. The van der Waals surface area contributed by atoms with Crippen LogP contribution in [0.2, 0.25) is 10.0 Å². The molecule has 1 aromatic carbocycles. The van der Waals surface area contributed by atoms with Crippen LogP contribution in [-0.2, 0) is 4.79 Å². The monoisotopic (exact) mass is 440 g/mol. The molecule has 1 saturated carbocycles. The Bertz CT molecular complexity index is 702. The molecule has 1 aromatic rings. The van der Waals surface area contributed by atoms with E-state index in [1.165, 1.54) is 19.3 Å². The Balaban J connectivity index is 1.32. The molecule has 6 nitrogen and oxygen atoms in total. The molecule has 0 spiro atoms. The maximum Gasteiger partial charge on any atom is 0.315 e. The molecule has 0 aromatic heterocycles. The molecule has 29 heavy (non-hydrogen) atoms. The van der Waals surface area contributed by atoms with E-state index in [0.717, 1.165) is 38.8 Å². The number of carbonyl (C=O) groups excluding carboxylic acids is 2. The van der Waals surface area contributed by atoms with Crippen LogP contribution in [0, 0.1) is 0 Å². The summed E-state index contributed by atoms with van der Waals surface area (Å²) in [5.74, 6) is -0.0822. The van der Waals surface area contributed by atoms with Crippen molar-refractivity contribution in [2.75, 3.05) is 25.0 Å². The maximum absolute atomic E-state index is 12.2. The Morgan fingerprint density at radius 2 is 1.62 bits per heavy atom. The molecule has 1 aliphatic heterocycles. The number of benzene rings is 1. The highest BCUT2D eigenvalue weighted by atomic mass is 35.5. The minimum atomic E-state index is -0.0822. The first-order valence-electron chi connectivity index (χ1n) is 10.5. The number of piperidine rings is 1. The van der Waals surface area contributed by atoms with Crippen LogP contribution < -0.4 is 16.0 Å². The number of amides is 3. The van der Waals surface area contributed by atoms with Gasteiger partial charge in [0.2, 0.25) is 5.91 Å². The molecule has 3 rings (SSSR count). The summed E-state index contributed by atoms with van der Waals surface area (Å²) in [4.78, 5) is 26.7. The van der Waals surface area contributed by atoms with Crippen molar-refractivity contribution in [3.63, 3.8) is 0 Å². The Kier molecular flexibility index (Phi) is 8.45. The Hall–Kier alpha value is -1.50. The Labute approximate surface area is 182 Å². The number of nitrogens with zero attached hydrogens (tertiary/aromatic N) is 1. The number of likely N-dealkylation sites (tertiary alicyclic amines) is 1. The van der Waals surface area contributed by atoms with Crippen LogP contribution in [0.1, 0.15) is 51.4 Å². The third kappa shape index (κ3) is 7.36. The van der Waals surface area contributed by atoms with Crippen molar-refractivity contribution < 1.29 is 9.59 Å².